The van der Waals surface area contributed by atoms with E-state index < -0.39 is 4.92 Å². The van der Waals surface area contributed by atoms with E-state index in [4.69, 9.17) is 5.73 Å². The van der Waals surface area contributed by atoms with Crippen molar-refractivity contribution in [3.63, 3.8) is 0 Å². The summed E-state index contributed by atoms with van der Waals surface area (Å²) in [5.74, 6) is 1.24. The normalized spacial score (nSPS) is 18.1. The summed E-state index contributed by atoms with van der Waals surface area (Å²) in [6.07, 6.45) is 1.63. The third-order valence-corrected chi connectivity index (χ3v) is 3.24. The second kappa shape index (κ2) is 4.43. The lowest BCUT2D eigenvalue weighted by Crippen LogP contribution is -2.32. The van der Waals surface area contributed by atoms with Crippen LogP contribution in [0.3, 0.4) is 0 Å². The van der Waals surface area contributed by atoms with Crippen LogP contribution in [0.4, 0.5) is 5.69 Å². The molecule has 7 heteroatoms. The lowest BCUT2D eigenvalue weighted by molar-refractivity contribution is -0.384. The van der Waals surface area contributed by atoms with E-state index in [-0.39, 0.29) is 11.7 Å². The van der Waals surface area contributed by atoms with Gasteiger partial charge < -0.3 is 5.73 Å². The first-order valence-electron chi connectivity index (χ1n) is 6.08. The largest absolute Gasteiger partial charge is 0.326 e. The number of nitrogens with zero attached hydrogens (tertiary/aromatic N) is 4. The SMILES string of the molecule is NC1CCc2nc(-c3ccccc3[N+](=O)[O-])nn2C1. The molecule has 2 N–H and O–H groups in total. The van der Waals surface area contributed by atoms with Crippen LogP contribution >= 0.6 is 0 Å². The van der Waals surface area contributed by atoms with Crippen LogP contribution in [0, 0.1) is 10.1 Å². The minimum absolute atomic E-state index is 0.0229. The summed E-state index contributed by atoms with van der Waals surface area (Å²) in [5.41, 5.74) is 6.35. The Kier molecular flexibility index (Phi) is 2.75. The molecule has 1 atom stereocenters. The molecule has 3 rings (SSSR count). The molecule has 98 valence electrons. The summed E-state index contributed by atoms with van der Waals surface area (Å²) in [5, 5.41) is 15.3. The Balaban J connectivity index is 2.06. The van der Waals surface area contributed by atoms with E-state index in [9.17, 15) is 10.1 Å². The number of fused-ring (bicyclic) bond motifs is 1. The van der Waals surface area contributed by atoms with Crippen molar-refractivity contribution in [1.29, 1.82) is 0 Å². The average Bonchev–Trinajstić information content (AvgIpc) is 2.81. The Hall–Kier alpha value is -2.28. The van der Waals surface area contributed by atoms with Crippen LogP contribution in [0.5, 0.6) is 0 Å². The maximum atomic E-state index is 11.0. The molecular weight excluding hydrogens is 246 g/mol. The molecule has 0 saturated heterocycles. The predicted molar refractivity (Wildman–Crippen MR) is 68.4 cm³/mol. The summed E-state index contributed by atoms with van der Waals surface area (Å²) in [4.78, 5) is 15.0. The van der Waals surface area contributed by atoms with Crippen molar-refractivity contribution >= 4 is 5.69 Å². The molecule has 0 amide bonds. The monoisotopic (exact) mass is 259 g/mol. The zero-order valence-electron chi connectivity index (χ0n) is 10.2. The Morgan fingerprint density at radius 2 is 2.21 bits per heavy atom. The highest BCUT2D eigenvalue weighted by atomic mass is 16.6. The number of rotatable bonds is 2. The number of nitro groups is 1. The molecule has 2 aromatic rings. The highest BCUT2D eigenvalue weighted by molar-refractivity contribution is 5.67. The molecule has 0 fully saturated rings. The summed E-state index contributed by atoms with van der Waals surface area (Å²) < 4.78 is 1.75. The number of hydrogen-bond donors (Lipinski definition) is 1. The molecule has 1 aromatic heterocycles. The Labute approximate surface area is 109 Å². The third-order valence-electron chi connectivity index (χ3n) is 3.24. The van der Waals surface area contributed by atoms with Crippen LogP contribution in [0.25, 0.3) is 11.4 Å². The van der Waals surface area contributed by atoms with Gasteiger partial charge in [-0.15, -0.1) is 0 Å². The van der Waals surface area contributed by atoms with Crippen LogP contribution in [-0.4, -0.2) is 25.7 Å². The lowest BCUT2D eigenvalue weighted by atomic mass is 10.1. The third kappa shape index (κ3) is 2.08. The maximum Gasteiger partial charge on any atom is 0.280 e. The molecule has 0 spiro atoms. The fourth-order valence-electron chi connectivity index (χ4n) is 2.27. The van der Waals surface area contributed by atoms with Gasteiger partial charge in [0.1, 0.15) is 5.82 Å². The second-order valence-corrected chi connectivity index (χ2v) is 4.61. The van der Waals surface area contributed by atoms with Gasteiger partial charge in [-0.1, -0.05) is 12.1 Å². The fourth-order valence-corrected chi connectivity index (χ4v) is 2.27. The highest BCUT2D eigenvalue weighted by Crippen LogP contribution is 2.28. The fraction of sp³-hybridized carbons (Fsp3) is 0.333. The topological polar surface area (TPSA) is 99.9 Å². The average molecular weight is 259 g/mol. The minimum Gasteiger partial charge on any atom is -0.326 e. The molecule has 0 bridgehead atoms. The molecular formula is C12H13N5O2. The molecule has 0 radical (unpaired) electrons. The molecule has 1 aromatic carbocycles. The van der Waals surface area contributed by atoms with E-state index in [0.29, 0.717) is 17.9 Å². The molecule has 0 aliphatic carbocycles. The van der Waals surface area contributed by atoms with Crippen molar-refractivity contribution < 1.29 is 4.92 Å². The van der Waals surface area contributed by atoms with E-state index in [1.165, 1.54) is 6.07 Å². The van der Waals surface area contributed by atoms with Crippen LogP contribution in [-0.2, 0) is 13.0 Å². The van der Waals surface area contributed by atoms with Gasteiger partial charge in [-0.2, -0.15) is 5.10 Å². The molecule has 0 saturated carbocycles. The van der Waals surface area contributed by atoms with Gasteiger partial charge in [0.05, 0.1) is 17.0 Å². The zero-order chi connectivity index (χ0) is 13.4. The van der Waals surface area contributed by atoms with Gasteiger partial charge in [-0.3, -0.25) is 10.1 Å². The van der Waals surface area contributed by atoms with Gasteiger partial charge in [-0.05, 0) is 12.5 Å². The number of benzene rings is 1. The van der Waals surface area contributed by atoms with Crippen molar-refractivity contribution in [2.75, 3.05) is 0 Å². The number of aromatic nitrogens is 3. The van der Waals surface area contributed by atoms with Crippen molar-refractivity contribution in [2.45, 2.75) is 25.4 Å². The smallest absolute Gasteiger partial charge is 0.280 e. The first kappa shape index (κ1) is 11.8. The van der Waals surface area contributed by atoms with Crippen molar-refractivity contribution in [2.24, 2.45) is 5.73 Å². The molecule has 1 unspecified atom stereocenters. The lowest BCUT2D eigenvalue weighted by Gasteiger charge is -2.17. The van der Waals surface area contributed by atoms with Gasteiger partial charge in [-0.25, -0.2) is 9.67 Å². The van der Waals surface area contributed by atoms with Gasteiger partial charge in [0.15, 0.2) is 5.82 Å². The Morgan fingerprint density at radius 3 is 3.00 bits per heavy atom. The standard InChI is InChI=1S/C12H13N5O2/c13-8-5-6-11-14-12(15-16(11)7-8)9-3-1-2-4-10(9)17(18)19/h1-4,8H,5-7,13H2. The zero-order valence-corrected chi connectivity index (χ0v) is 10.2. The first-order chi connectivity index (χ1) is 9.15. The van der Waals surface area contributed by atoms with Crippen LogP contribution in [0.1, 0.15) is 12.2 Å². The first-order valence-corrected chi connectivity index (χ1v) is 6.08. The van der Waals surface area contributed by atoms with E-state index in [0.717, 1.165) is 18.7 Å². The van der Waals surface area contributed by atoms with Crippen LogP contribution in [0.15, 0.2) is 24.3 Å². The number of hydrogen-bond acceptors (Lipinski definition) is 5. The summed E-state index contributed by atoms with van der Waals surface area (Å²) in [7, 11) is 0. The molecule has 19 heavy (non-hydrogen) atoms. The van der Waals surface area contributed by atoms with Gasteiger partial charge in [0.2, 0.25) is 0 Å². The molecule has 1 aliphatic rings. The number of nitro benzene ring substituents is 1. The van der Waals surface area contributed by atoms with Gasteiger partial charge in [0.25, 0.3) is 5.69 Å². The molecule has 1 aliphatic heterocycles. The second-order valence-electron chi connectivity index (χ2n) is 4.61. The highest BCUT2D eigenvalue weighted by Gasteiger charge is 2.23. The maximum absolute atomic E-state index is 11.0. The Bertz CT molecular complexity index is 637. The minimum atomic E-state index is -0.416. The Morgan fingerprint density at radius 1 is 1.42 bits per heavy atom. The predicted octanol–water partition coefficient (Wildman–Crippen LogP) is 1.13. The van der Waals surface area contributed by atoms with Crippen molar-refractivity contribution in [3.05, 3.63) is 40.2 Å². The van der Waals surface area contributed by atoms with E-state index in [2.05, 4.69) is 10.1 Å². The summed E-state index contributed by atoms with van der Waals surface area (Å²) in [6, 6.07) is 6.58. The molecule has 7 nitrogen and oxygen atoms in total. The van der Waals surface area contributed by atoms with Gasteiger partial charge >= 0.3 is 0 Å². The number of para-hydroxylation sites is 1. The van der Waals surface area contributed by atoms with Crippen LogP contribution < -0.4 is 5.73 Å². The van der Waals surface area contributed by atoms with Gasteiger partial charge in [0, 0.05) is 18.5 Å². The van der Waals surface area contributed by atoms with Crippen LogP contribution in [0.2, 0.25) is 0 Å². The van der Waals surface area contributed by atoms with Crippen molar-refractivity contribution in [1.82, 2.24) is 14.8 Å². The number of aryl methyl sites for hydroxylation is 1. The van der Waals surface area contributed by atoms with E-state index in [1.54, 1.807) is 22.9 Å². The quantitative estimate of drug-likeness (QED) is 0.643. The van der Waals surface area contributed by atoms with Crippen molar-refractivity contribution in [3.8, 4) is 11.4 Å². The summed E-state index contributed by atoms with van der Waals surface area (Å²) >= 11 is 0. The molecule has 2 heterocycles. The summed E-state index contributed by atoms with van der Waals surface area (Å²) in [6.45, 7) is 0.614. The van der Waals surface area contributed by atoms with E-state index >= 15 is 0 Å². The van der Waals surface area contributed by atoms with E-state index in [1.807, 2.05) is 0 Å². The number of nitrogens with two attached hydrogens (primary N) is 1.